The largest absolute Gasteiger partial charge is 0.380 e. The Balaban J connectivity index is 1.49. The number of likely N-dealkylation sites (tertiary alicyclic amines) is 1. The third-order valence-electron chi connectivity index (χ3n) is 7.97. The van der Waals surface area contributed by atoms with Crippen LogP contribution in [0.5, 0.6) is 0 Å². The van der Waals surface area contributed by atoms with Gasteiger partial charge in [-0.3, -0.25) is 0 Å². The lowest BCUT2D eigenvalue weighted by molar-refractivity contribution is -0.917. The lowest BCUT2D eigenvalue weighted by atomic mass is 9.59. The van der Waals surface area contributed by atoms with Gasteiger partial charge in [-0.1, -0.05) is 97.9 Å². The maximum Gasteiger partial charge on any atom is 0.121 e. The summed E-state index contributed by atoms with van der Waals surface area (Å²) in [5.41, 5.74) is 2.03. The van der Waals surface area contributed by atoms with E-state index in [0.717, 1.165) is 61.1 Å². The standard InChI is InChI=1S/C30H38NO2/c1-3-29(30(32,27-15-9-5-10-16-27)28-17-11-6-12-18-28)19-21-31(2,22-20-29)23-24-33-25-26-13-7-4-8-14-26/h4-18,32H,3,19-25H2,1-2H3/q+1. The number of hydrogen-bond acceptors (Lipinski definition) is 2. The fraction of sp³-hybridized carbons (Fsp3) is 0.400. The number of piperidine rings is 1. The molecule has 174 valence electrons. The Morgan fingerprint density at radius 1 is 0.818 bits per heavy atom. The van der Waals surface area contributed by atoms with Gasteiger partial charge in [0.25, 0.3) is 0 Å². The Kier molecular flexibility index (Phi) is 7.33. The second kappa shape index (κ2) is 10.2. The summed E-state index contributed by atoms with van der Waals surface area (Å²) >= 11 is 0. The van der Waals surface area contributed by atoms with Crippen LogP contribution in [0, 0.1) is 5.41 Å². The Morgan fingerprint density at radius 3 is 1.79 bits per heavy atom. The second-order valence-corrected chi connectivity index (χ2v) is 9.90. The van der Waals surface area contributed by atoms with Crippen LogP contribution >= 0.6 is 0 Å². The van der Waals surface area contributed by atoms with Crippen LogP contribution in [0.3, 0.4) is 0 Å². The van der Waals surface area contributed by atoms with E-state index in [9.17, 15) is 5.11 Å². The van der Waals surface area contributed by atoms with Gasteiger partial charge in [-0.15, -0.1) is 0 Å². The highest BCUT2D eigenvalue weighted by Crippen LogP contribution is 2.54. The summed E-state index contributed by atoms with van der Waals surface area (Å²) in [6.07, 6.45) is 2.91. The van der Waals surface area contributed by atoms with E-state index in [4.69, 9.17) is 4.74 Å². The molecule has 0 amide bonds. The van der Waals surface area contributed by atoms with E-state index < -0.39 is 5.60 Å². The molecule has 3 nitrogen and oxygen atoms in total. The normalized spacial score (nSPS) is 23.4. The van der Waals surface area contributed by atoms with Gasteiger partial charge in [-0.25, -0.2) is 0 Å². The summed E-state index contributed by atoms with van der Waals surface area (Å²) in [6, 6.07) is 30.9. The lowest BCUT2D eigenvalue weighted by Crippen LogP contribution is -2.59. The Labute approximate surface area is 199 Å². The van der Waals surface area contributed by atoms with Crippen LogP contribution in [0.2, 0.25) is 0 Å². The molecule has 33 heavy (non-hydrogen) atoms. The summed E-state index contributed by atoms with van der Waals surface area (Å²) in [6.45, 7) is 6.76. The summed E-state index contributed by atoms with van der Waals surface area (Å²) in [4.78, 5) is 0. The Hall–Kier alpha value is -2.46. The van der Waals surface area contributed by atoms with Crippen molar-refractivity contribution in [2.45, 2.75) is 38.4 Å². The fourth-order valence-electron chi connectivity index (χ4n) is 5.59. The van der Waals surface area contributed by atoms with E-state index in [0.29, 0.717) is 6.61 Å². The number of quaternary nitrogens is 1. The SMILES string of the molecule is CCC1(C(O)(c2ccccc2)c2ccccc2)CC[N+](C)(CCOCc2ccccc2)CC1. The maximum atomic E-state index is 12.5. The number of benzene rings is 3. The molecule has 0 saturated carbocycles. The lowest BCUT2D eigenvalue weighted by Gasteiger charge is -2.53. The van der Waals surface area contributed by atoms with Crippen LogP contribution in [-0.2, 0) is 16.9 Å². The van der Waals surface area contributed by atoms with Crippen molar-refractivity contribution in [2.24, 2.45) is 5.41 Å². The summed E-state index contributed by atoms with van der Waals surface area (Å²) < 4.78 is 7.00. The minimum absolute atomic E-state index is 0.196. The van der Waals surface area contributed by atoms with Crippen molar-refractivity contribution in [3.05, 3.63) is 108 Å². The number of likely N-dealkylation sites (N-methyl/N-ethyl adjacent to an activating group) is 1. The van der Waals surface area contributed by atoms with Crippen molar-refractivity contribution in [2.75, 3.05) is 33.3 Å². The van der Waals surface area contributed by atoms with Crippen molar-refractivity contribution in [3.8, 4) is 0 Å². The van der Waals surface area contributed by atoms with Crippen LogP contribution in [0.25, 0.3) is 0 Å². The number of aliphatic hydroxyl groups is 1. The first-order valence-electron chi connectivity index (χ1n) is 12.3. The molecule has 3 aromatic rings. The van der Waals surface area contributed by atoms with Gasteiger partial charge in [-0.2, -0.15) is 0 Å². The predicted molar refractivity (Wildman–Crippen MR) is 135 cm³/mol. The van der Waals surface area contributed by atoms with Crippen molar-refractivity contribution in [1.82, 2.24) is 0 Å². The Bertz CT molecular complexity index is 940. The molecular weight excluding hydrogens is 406 g/mol. The molecule has 1 heterocycles. The van der Waals surface area contributed by atoms with E-state index in [1.54, 1.807) is 0 Å². The molecule has 0 unspecified atom stereocenters. The molecule has 4 rings (SSSR count). The highest BCUT2D eigenvalue weighted by Gasteiger charge is 2.54. The smallest absolute Gasteiger partial charge is 0.121 e. The second-order valence-electron chi connectivity index (χ2n) is 9.90. The quantitative estimate of drug-likeness (QED) is 0.335. The molecule has 0 spiro atoms. The zero-order chi connectivity index (χ0) is 23.2. The molecule has 0 aromatic heterocycles. The molecule has 1 aliphatic rings. The minimum atomic E-state index is -1.00. The van der Waals surface area contributed by atoms with E-state index in [-0.39, 0.29) is 5.41 Å². The van der Waals surface area contributed by atoms with Gasteiger partial charge in [0.05, 0.1) is 33.4 Å². The van der Waals surface area contributed by atoms with Gasteiger partial charge in [0.15, 0.2) is 0 Å². The summed E-state index contributed by atoms with van der Waals surface area (Å²) in [7, 11) is 2.34. The van der Waals surface area contributed by atoms with Crippen molar-refractivity contribution < 1.29 is 14.3 Å². The molecule has 1 fully saturated rings. The molecule has 3 aromatic carbocycles. The first-order valence-corrected chi connectivity index (χ1v) is 12.3. The van der Waals surface area contributed by atoms with Crippen LogP contribution < -0.4 is 0 Å². The molecule has 0 aliphatic carbocycles. The number of rotatable bonds is 9. The zero-order valence-electron chi connectivity index (χ0n) is 20.1. The average molecular weight is 445 g/mol. The molecule has 0 bridgehead atoms. The molecule has 3 heteroatoms. The topological polar surface area (TPSA) is 29.5 Å². The highest BCUT2D eigenvalue weighted by molar-refractivity contribution is 5.39. The van der Waals surface area contributed by atoms with Gasteiger partial charge in [0, 0.05) is 18.3 Å². The van der Waals surface area contributed by atoms with Crippen molar-refractivity contribution >= 4 is 0 Å². The highest BCUT2D eigenvalue weighted by atomic mass is 16.5. The molecular formula is C30H38NO2+. The van der Waals surface area contributed by atoms with Gasteiger partial charge in [0.1, 0.15) is 12.1 Å². The van der Waals surface area contributed by atoms with Gasteiger partial charge in [0.2, 0.25) is 0 Å². The third kappa shape index (κ3) is 4.91. The van der Waals surface area contributed by atoms with Crippen molar-refractivity contribution in [1.29, 1.82) is 0 Å². The zero-order valence-corrected chi connectivity index (χ0v) is 20.1. The van der Waals surface area contributed by atoms with E-state index in [1.807, 2.05) is 42.5 Å². The molecule has 1 saturated heterocycles. The molecule has 1 aliphatic heterocycles. The molecule has 0 atom stereocenters. The minimum Gasteiger partial charge on any atom is -0.380 e. The fourth-order valence-corrected chi connectivity index (χ4v) is 5.59. The van der Waals surface area contributed by atoms with Crippen LogP contribution in [0.15, 0.2) is 91.0 Å². The van der Waals surface area contributed by atoms with Gasteiger partial charge >= 0.3 is 0 Å². The van der Waals surface area contributed by atoms with E-state index in [2.05, 4.69) is 62.5 Å². The third-order valence-corrected chi connectivity index (χ3v) is 7.97. The van der Waals surface area contributed by atoms with Gasteiger partial charge in [-0.05, 0) is 23.1 Å². The Morgan fingerprint density at radius 2 is 1.30 bits per heavy atom. The average Bonchev–Trinajstić information content (AvgIpc) is 2.88. The number of nitrogens with zero attached hydrogens (tertiary/aromatic N) is 1. The summed E-state index contributed by atoms with van der Waals surface area (Å²) in [5, 5.41) is 12.5. The molecule has 0 radical (unpaired) electrons. The van der Waals surface area contributed by atoms with Crippen LogP contribution in [0.1, 0.15) is 42.9 Å². The van der Waals surface area contributed by atoms with Gasteiger partial charge < -0.3 is 14.3 Å². The first-order chi connectivity index (χ1) is 16.0. The molecule has 1 N–H and O–H groups in total. The first kappa shape index (κ1) is 23.7. The maximum absolute atomic E-state index is 12.5. The van der Waals surface area contributed by atoms with E-state index in [1.165, 1.54) is 5.56 Å². The summed E-state index contributed by atoms with van der Waals surface area (Å²) in [5.74, 6) is 0. The monoisotopic (exact) mass is 444 g/mol. The van der Waals surface area contributed by atoms with Crippen molar-refractivity contribution in [3.63, 3.8) is 0 Å². The predicted octanol–water partition coefficient (Wildman–Crippen LogP) is 5.78. The van der Waals surface area contributed by atoms with E-state index >= 15 is 0 Å². The number of hydrogen-bond donors (Lipinski definition) is 1. The van der Waals surface area contributed by atoms with Crippen LogP contribution in [0.4, 0.5) is 0 Å². The number of ether oxygens (including phenoxy) is 1. The van der Waals surface area contributed by atoms with Crippen LogP contribution in [-0.4, -0.2) is 42.9 Å².